The summed E-state index contributed by atoms with van der Waals surface area (Å²) in [5.41, 5.74) is 2.21. The minimum atomic E-state index is -0.485. The van der Waals surface area contributed by atoms with Gasteiger partial charge in [-0.05, 0) is 36.4 Å². The first kappa shape index (κ1) is 20.9. The predicted molar refractivity (Wildman–Crippen MR) is 113 cm³/mol. The number of hydrogen-bond acceptors (Lipinski definition) is 6. The van der Waals surface area contributed by atoms with E-state index in [9.17, 15) is 14.4 Å². The number of carbonyl (C=O) groups excluding carboxylic acids is 2. The summed E-state index contributed by atoms with van der Waals surface area (Å²) in [7, 11) is 0. The number of carbonyl (C=O) groups is 2. The van der Waals surface area contributed by atoms with Crippen LogP contribution in [0, 0.1) is 0 Å². The van der Waals surface area contributed by atoms with Crippen molar-refractivity contribution in [3.8, 4) is 0 Å². The maximum atomic E-state index is 12.2. The van der Waals surface area contributed by atoms with E-state index in [4.69, 9.17) is 9.15 Å². The van der Waals surface area contributed by atoms with Gasteiger partial charge in [-0.25, -0.2) is 4.79 Å². The van der Waals surface area contributed by atoms with Crippen molar-refractivity contribution in [2.24, 2.45) is 0 Å². The molecule has 0 atom stereocenters. The van der Waals surface area contributed by atoms with Gasteiger partial charge in [-0.1, -0.05) is 31.2 Å². The zero-order chi connectivity index (χ0) is 20.8. The number of benzene rings is 2. The second-order valence-corrected chi connectivity index (χ2v) is 7.47. The zero-order valence-electron chi connectivity index (χ0n) is 16.4. The molecule has 6 heteroatoms. The molecule has 0 saturated carbocycles. The Morgan fingerprint density at radius 1 is 1.03 bits per heavy atom. The molecule has 3 rings (SSSR count). The number of ether oxygens (including phenoxy) is 1. The fourth-order valence-electron chi connectivity index (χ4n) is 2.98. The summed E-state index contributed by atoms with van der Waals surface area (Å²) < 4.78 is 10.5. The third-order valence-corrected chi connectivity index (χ3v) is 5.40. The average molecular weight is 410 g/mol. The molecule has 0 N–H and O–H groups in total. The summed E-state index contributed by atoms with van der Waals surface area (Å²) >= 11 is 1.60. The minimum Gasteiger partial charge on any atom is -0.461 e. The van der Waals surface area contributed by atoms with Crippen LogP contribution in [0.15, 0.2) is 62.6 Å². The Labute approximate surface area is 173 Å². The van der Waals surface area contributed by atoms with E-state index in [2.05, 4.69) is 0 Å². The van der Waals surface area contributed by atoms with Gasteiger partial charge in [0, 0.05) is 33.9 Å². The Morgan fingerprint density at radius 2 is 1.79 bits per heavy atom. The number of aryl methyl sites for hydroxylation is 1. The number of hydrogen-bond donors (Lipinski definition) is 0. The van der Waals surface area contributed by atoms with E-state index in [-0.39, 0.29) is 25.2 Å². The van der Waals surface area contributed by atoms with E-state index in [1.165, 1.54) is 6.07 Å². The maximum absolute atomic E-state index is 12.2. The van der Waals surface area contributed by atoms with Gasteiger partial charge in [0.05, 0.1) is 6.42 Å². The highest BCUT2D eigenvalue weighted by Crippen LogP contribution is 2.20. The third kappa shape index (κ3) is 5.35. The molecule has 0 spiro atoms. The van der Waals surface area contributed by atoms with Gasteiger partial charge in [0.15, 0.2) is 5.78 Å². The first-order valence-corrected chi connectivity index (χ1v) is 10.6. The van der Waals surface area contributed by atoms with Crippen molar-refractivity contribution in [1.82, 2.24) is 0 Å². The molecule has 3 aromatic rings. The van der Waals surface area contributed by atoms with Crippen LogP contribution >= 0.6 is 11.8 Å². The molecule has 0 amide bonds. The standard InChI is InChI=1S/C23H22O5S/c1-3-15-4-9-19-17(13-23(26)28-21(19)12-15)14-27-22(25)11-10-20(24)16-5-7-18(29-2)8-6-16/h4-9,12-13H,3,10-11,14H2,1-2H3. The summed E-state index contributed by atoms with van der Waals surface area (Å²) in [5.74, 6) is -0.585. The summed E-state index contributed by atoms with van der Waals surface area (Å²) in [6, 6.07) is 14.3. The van der Waals surface area contributed by atoms with E-state index >= 15 is 0 Å². The van der Waals surface area contributed by atoms with Crippen molar-refractivity contribution in [1.29, 1.82) is 0 Å². The van der Waals surface area contributed by atoms with Crippen LogP contribution in [0.2, 0.25) is 0 Å². The van der Waals surface area contributed by atoms with Crippen LogP contribution in [0.25, 0.3) is 11.0 Å². The lowest BCUT2D eigenvalue weighted by Gasteiger charge is -2.08. The van der Waals surface area contributed by atoms with E-state index in [0.29, 0.717) is 16.7 Å². The average Bonchev–Trinajstić information content (AvgIpc) is 2.75. The number of fused-ring (bicyclic) bond motifs is 1. The van der Waals surface area contributed by atoms with Gasteiger partial charge in [0.25, 0.3) is 0 Å². The highest BCUT2D eigenvalue weighted by molar-refractivity contribution is 7.98. The zero-order valence-corrected chi connectivity index (χ0v) is 17.2. The minimum absolute atomic E-state index is 0.0114. The fraction of sp³-hybridized carbons (Fsp3) is 0.261. The summed E-state index contributed by atoms with van der Waals surface area (Å²) in [6.07, 6.45) is 2.86. The SMILES string of the molecule is CCc1ccc2c(COC(=O)CCC(=O)c3ccc(SC)cc3)cc(=O)oc2c1. The quantitative estimate of drug-likeness (QED) is 0.230. The van der Waals surface area contributed by atoms with Gasteiger partial charge in [0.1, 0.15) is 12.2 Å². The molecule has 0 bridgehead atoms. The van der Waals surface area contributed by atoms with E-state index in [1.807, 2.05) is 43.5 Å². The molecule has 29 heavy (non-hydrogen) atoms. The van der Waals surface area contributed by atoms with Gasteiger partial charge in [-0.3, -0.25) is 9.59 Å². The number of esters is 1. The molecule has 0 fully saturated rings. The molecule has 0 aliphatic rings. The summed E-state index contributed by atoms with van der Waals surface area (Å²) in [6.45, 7) is 1.98. The van der Waals surface area contributed by atoms with Crippen LogP contribution < -0.4 is 5.63 Å². The van der Waals surface area contributed by atoms with Crippen LogP contribution in [0.1, 0.15) is 41.3 Å². The van der Waals surface area contributed by atoms with E-state index in [0.717, 1.165) is 22.3 Å². The topological polar surface area (TPSA) is 73.6 Å². The second kappa shape index (κ2) is 9.56. The molecule has 1 heterocycles. The highest BCUT2D eigenvalue weighted by atomic mass is 32.2. The van der Waals surface area contributed by atoms with Crippen molar-refractivity contribution in [2.45, 2.75) is 37.7 Å². The van der Waals surface area contributed by atoms with Crippen LogP contribution in [0.4, 0.5) is 0 Å². The first-order valence-electron chi connectivity index (χ1n) is 9.38. The fourth-order valence-corrected chi connectivity index (χ4v) is 3.39. The summed E-state index contributed by atoms with van der Waals surface area (Å²) in [4.78, 5) is 37.2. The van der Waals surface area contributed by atoms with Gasteiger partial charge >= 0.3 is 11.6 Å². The lowest BCUT2D eigenvalue weighted by molar-refractivity contribution is -0.144. The van der Waals surface area contributed by atoms with Crippen LogP contribution in [0.5, 0.6) is 0 Å². The van der Waals surface area contributed by atoms with Gasteiger partial charge in [-0.15, -0.1) is 11.8 Å². The Kier molecular flexibility index (Phi) is 6.88. The molecular weight excluding hydrogens is 388 g/mol. The largest absolute Gasteiger partial charge is 0.461 e. The van der Waals surface area contributed by atoms with Crippen LogP contribution in [-0.4, -0.2) is 18.0 Å². The normalized spacial score (nSPS) is 10.8. The van der Waals surface area contributed by atoms with Gasteiger partial charge in [-0.2, -0.15) is 0 Å². The van der Waals surface area contributed by atoms with Crippen molar-refractivity contribution in [2.75, 3.05) is 6.26 Å². The number of ketones is 1. The summed E-state index contributed by atoms with van der Waals surface area (Å²) in [5, 5.41) is 0.736. The van der Waals surface area contributed by atoms with Crippen LogP contribution in [0.3, 0.4) is 0 Å². The number of rotatable bonds is 8. The molecule has 150 valence electrons. The Morgan fingerprint density at radius 3 is 2.48 bits per heavy atom. The maximum Gasteiger partial charge on any atom is 0.336 e. The molecule has 0 aliphatic carbocycles. The predicted octanol–water partition coefficient (Wildman–Crippen LogP) is 4.78. The number of Topliss-reactive ketones (excluding diaryl/α,β-unsaturated/α-hetero) is 1. The Balaban J connectivity index is 1.60. The van der Waals surface area contributed by atoms with E-state index < -0.39 is 11.6 Å². The van der Waals surface area contributed by atoms with Crippen LogP contribution in [-0.2, 0) is 22.6 Å². The molecule has 1 aromatic heterocycles. The van der Waals surface area contributed by atoms with Gasteiger partial charge < -0.3 is 9.15 Å². The van der Waals surface area contributed by atoms with Crippen molar-refractivity contribution < 1.29 is 18.7 Å². The molecule has 2 aromatic carbocycles. The molecule has 0 unspecified atom stereocenters. The number of thioether (sulfide) groups is 1. The van der Waals surface area contributed by atoms with Crippen molar-refractivity contribution in [3.63, 3.8) is 0 Å². The lowest BCUT2D eigenvalue weighted by atomic mass is 10.1. The Hall–Kier alpha value is -2.86. The monoisotopic (exact) mass is 410 g/mol. The van der Waals surface area contributed by atoms with E-state index in [1.54, 1.807) is 23.9 Å². The smallest absolute Gasteiger partial charge is 0.336 e. The van der Waals surface area contributed by atoms with Crippen molar-refractivity contribution >= 4 is 34.5 Å². The second-order valence-electron chi connectivity index (χ2n) is 6.59. The van der Waals surface area contributed by atoms with Crippen molar-refractivity contribution in [3.05, 3.63) is 75.6 Å². The Bertz CT molecular complexity index is 1080. The molecule has 0 aliphatic heterocycles. The molecule has 5 nitrogen and oxygen atoms in total. The third-order valence-electron chi connectivity index (χ3n) is 4.66. The van der Waals surface area contributed by atoms with Gasteiger partial charge in [0.2, 0.25) is 0 Å². The molecule has 0 saturated heterocycles. The highest BCUT2D eigenvalue weighted by Gasteiger charge is 2.12. The molecular formula is C23H22O5S. The molecule has 0 radical (unpaired) electrons. The lowest BCUT2D eigenvalue weighted by Crippen LogP contribution is -2.10. The first-order chi connectivity index (χ1) is 14.0.